The van der Waals surface area contributed by atoms with Crippen LogP contribution in [0.15, 0.2) is 46.9 Å². The molecule has 3 aromatic rings. The van der Waals surface area contributed by atoms with Gasteiger partial charge in [-0.05, 0) is 34.1 Å². The van der Waals surface area contributed by atoms with Crippen molar-refractivity contribution < 1.29 is 9.53 Å². The van der Waals surface area contributed by atoms with Crippen LogP contribution >= 0.6 is 15.9 Å². The van der Waals surface area contributed by atoms with Gasteiger partial charge in [0.05, 0.1) is 15.6 Å². The largest absolute Gasteiger partial charge is 0.485 e. The number of benzene rings is 2. The second kappa shape index (κ2) is 5.69. The van der Waals surface area contributed by atoms with Crippen LogP contribution in [0.3, 0.4) is 0 Å². The maximum Gasteiger partial charge on any atom is 0.153 e. The fraction of sp³-hybridized carbons (Fsp3) is 0.125. The molecule has 5 heteroatoms. The van der Waals surface area contributed by atoms with E-state index in [-0.39, 0.29) is 0 Å². The van der Waals surface area contributed by atoms with Crippen LogP contribution in [0.4, 0.5) is 0 Å². The number of carbonyl (C=O) groups excluding carboxylic acids is 1. The van der Waals surface area contributed by atoms with Gasteiger partial charge in [0.25, 0.3) is 0 Å². The van der Waals surface area contributed by atoms with Crippen molar-refractivity contribution in [2.75, 3.05) is 0 Å². The van der Waals surface area contributed by atoms with Gasteiger partial charge in [-0.2, -0.15) is 5.10 Å². The minimum Gasteiger partial charge on any atom is -0.485 e. The number of hydrogen-bond acceptors (Lipinski definition) is 3. The molecule has 0 atom stereocenters. The number of ether oxygens (including phenoxy) is 1. The molecule has 0 unspecified atom stereocenters. The number of aromatic nitrogens is 2. The van der Waals surface area contributed by atoms with Gasteiger partial charge in [0.1, 0.15) is 18.1 Å². The van der Waals surface area contributed by atoms with E-state index in [1.807, 2.05) is 42.1 Å². The van der Waals surface area contributed by atoms with Crippen LogP contribution < -0.4 is 4.74 Å². The van der Waals surface area contributed by atoms with Crippen LogP contribution in [-0.2, 0) is 13.7 Å². The van der Waals surface area contributed by atoms with Crippen LogP contribution in [0, 0.1) is 0 Å². The summed E-state index contributed by atoms with van der Waals surface area (Å²) in [5.74, 6) is 0.544. The Labute approximate surface area is 130 Å². The maximum atomic E-state index is 11.1. The quantitative estimate of drug-likeness (QED) is 0.677. The Hall–Kier alpha value is -2.14. The number of aryl methyl sites for hydroxylation is 1. The second-order valence-electron chi connectivity index (χ2n) is 4.65. The molecule has 0 fully saturated rings. The monoisotopic (exact) mass is 344 g/mol. The van der Waals surface area contributed by atoms with Crippen LogP contribution in [0.5, 0.6) is 5.75 Å². The molecule has 0 aliphatic heterocycles. The molecule has 1 heterocycles. The fourth-order valence-electron chi connectivity index (χ4n) is 2.31. The molecule has 0 saturated heterocycles. The Kier molecular flexibility index (Phi) is 3.75. The van der Waals surface area contributed by atoms with Gasteiger partial charge >= 0.3 is 0 Å². The fourth-order valence-corrected chi connectivity index (χ4v) is 2.80. The molecule has 4 nitrogen and oxygen atoms in total. The topological polar surface area (TPSA) is 44.1 Å². The van der Waals surface area contributed by atoms with E-state index in [1.165, 1.54) is 0 Å². The number of fused-ring (bicyclic) bond motifs is 1. The summed E-state index contributed by atoms with van der Waals surface area (Å²) in [6, 6.07) is 13.4. The first kappa shape index (κ1) is 13.8. The van der Waals surface area contributed by atoms with Crippen LogP contribution in [0.1, 0.15) is 16.1 Å². The summed E-state index contributed by atoms with van der Waals surface area (Å²) in [6.07, 6.45) is 0.788. The normalized spacial score (nSPS) is 10.8. The molecule has 0 bridgehead atoms. The van der Waals surface area contributed by atoms with Gasteiger partial charge in [0.15, 0.2) is 6.29 Å². The van der Waals surface area contributed by atoms with Crippen LogP contribution in [-0.4, -0.2) is 16.1 Å². The highest BCUT2D eigenvalue weighted by molar-refractivity contribution is 9.10. The van der Waals surface area contributed by atoms with E-state index in [0.717, 1.165) is 27.4 Å². The Balaban J connectivity index is 1.93. The predicted molar refractivity (Wildman–Crippen MR) is 84.6 cm³/mol. The Morgan fingerprint density at radius 2 is 2.05 bits per heavy atom. The van der Waals surface area contributed by atoms with Crippen molar-refractivity contribution in [2.45, 2.75) is 6.61 Å². The average Bonchev–Trinajstić information content (AvgIpc) is 2.83. The molecule has 0 amide bonds. The third kappa shape index (κ3) is 2.56. The minimum atomic E-state index is 0.310. The highest BCUT2D eigenvalue weighted by atomic mass is 79.9. The summed E-state index contributed by atoms with van der Waals surface area (Å²) in [6.45, 7) is 0.310. The summed E-state index contributed by atoms with van der Waals surface area (Å²) in [5, 5.41) is 5.53. The number of aldehydes is 1. The molecule has 0 N–H and O–H groups in total. The highest BCUT2D eigenvalue weighted by Gasteiger charge is 2.11. The molecule has 3 rings (SSSR count). The minimum absolute atomic E-state index is 0.310. The van der Waals surface area contributed by atoms with Crippen molar-refractivity contribution in [2.24, 2.45) is 7.05 Å². The average molecular weight is 345 g/mol. The van der Waals surface area contributed by atoms with Gasteiger partial charge in [0.2, 0.25) is 0 Å². The van der Waals surface area contributed by atoms with E-state index in [2.05, 4.69) is 21.0 Å². The molecule has 106 valence electrons. The summed E-state index contributed by atoms with van der Waals surface area (Å²) in [4.78, 5) is 11.1. The zero-order valence-corrected chi connectivity index (χ0v) is 13.0. The Bertz CT molecular complexity index is 811. The first-order chi connectivity index (χ1) is 10.2. The van der Waals surface area contributed by atoms with E-state index >= 15 is 0 Å². The number of carbonyl (C=O) groups is 1. The lowest BCUT2D eigenvalue weighted by atomic mass is 10.2. The number of nitrogens with zero attached hydrogens (tertiary/aromatic N) is 2. The second-order valence-corrected chi connectivity index (χ2v) is 5.51. The van der Waals surface area contributed by atoms with Gasteiger partial charge in [-0.3, -0.25) is 9.48 Å². The van der Waals surface area contributed by atoms with E-state index in [1.54, 1.807) is 12.1 Å². The Morgan fingerprint density at radius 1 is 1.24 bits per heavy atom. The van der Waals surface area contributed by atoms with Crippen molar-refractivity contribution >= 4 is 33.1 Å². The zero-order valence-electron chi connectivity index (χ0n) is 11.4. The molecule has 0 spiro atoms. The van der Waals surface area contributed by atoms with Crippen molar-refractivity contribution in [1.29, 1.82) is 0 Å². The third-order valence-corrected chi connectivity index (χ3v) is 3.94. The third-order valence-electron chi connectivity index (χ3n) is 3.31. The van der Waals surface area contributed by atoms with Crippen molar-refractivity contribution in [3.63, 3.8) is 0 Å². The molecule has 21 heavy (non-hydrogen) atoms. The van der Waals surface area contributed by atoms with Crippen molar-refractivity contribution in [1.82, 2.24) is 9.78 Å². The van der Waals surface area contributed by atoms with E-state index in [4.69, 9.17) is 4.74 Å². The number of rotatable bonds is 4. The maximum absolute atomic E-state index is 11.1. The standard InChI is InChI=1S/C16H13BrN2O2/c1-19-15-8-3-2-6-12(15)14(18-19)10-21-16-11(9-20)5-4-7-13(16)17/h2-9H,10H2,1H3. The molecule has 0 radical (unpaired) electrons. The predicted octanol–water partition coefficient (Wildman–Crippen LogP) is 3.73. The number of hydrogen-bond donors (Lipinski definition) is 0. The molecule has 0 saturated carbocycles. The summed E-state index contributed by atoms with van der Waals surface area (Å²) in [5.41, 5.74) is 2.42. The molecular weight excluding hydrogens is 332 g/mol. The van der Waals surface area contributed by atoms with Gasteiger partial charge in [-0.15, -0.1) is 0 Å². The van der Waals surface area contributed by atoms with E-state index in [0.29, 0.717) is 17.9 Å². The first-order valence-corrected chi connectivity index (χ1v) is 7.27. The zero-order chi connectivity index (χ0) is 14.8. The molecule has 0 aliphatic carbocycles. The number of para-hydroxylation sites is 2. The van der Waals surface area contributed by atoms with Gasteiger partial charge in [-0.1, -0.05) is 24.3 Å². The summed E-state index contributed by atoms with van der Waals surface area (Å²) in [7, 11) is 1.90. The highest BCUT2D eigenvalue weighted by Crippen LogP contribution is 2.29. The lowest BCUT2D eigenvalue weighted by Crippen LogP contribution is -2.01. The van der Waals surface area contributed by atoms with Crippen molar-refractivity contribution in [3.8, 4) is 5.75 Å². The lowest BCUT2D eigenvalue weighted by Gasteiger charge is -2.09. The van der Waals surface area contributed by atoms with E-state index in [9.17, 15) is 4.79 Å². The summed E-state index contributed by atoms with van der Waals surface area (Å²) >= 11 is 3.41. The van der Waals surface area contributed by atoms with Crippen LogP contribution in [0.25, 0.3) is 10.9 Å². The van der Waals surface area contributed by atoms with Gasteiger partial charge < -0.3 is 4.74 Å². The molecule has 0 aliphatic rings. The van der Waals surface area contributed by atoms with E-state index < -0.39 is 0 Å². The Morgan fingerprint density at radius 3 is 2.86 bits per heavy atom. The first-order valence-electron chi connectivity index (χ1n) is 6.48. The lowest BCUT2D eigenvalue weighted by molar-refractivity contribution is 0.111. The smallest absolute Gasteiger partial charge is 0.153 e. The van der Waals surface area contributed by atoms with Crippen LogP contribution in [0.2, 0.25) is 0 Å². The van der Waals surface area contributed by atoms with Gasteiger partial charge in [-0.25, -0.2) is 0 Å². The summed E-state index contributed by atoms with van der Waals surface area (Å²) < 4.78 is 8.40. The SMILES string of the molecule is Cn1nc(COc2c(Br)cccc2C=O)c2ccccc21. The number of halogens is 1. The van der Waals surface area contributed by atoms with Gasteiger partial charge in [0, 0.05) is 12.4 Å². The molecule has 2 aromatic carbocycles. The van der Waals surface area contributed by atoms with Crippen molar-refractivity contribution in [3.05, 3.63) is 58.2 Å². The molecule has 1 aromatic heterocycles. The molecular formula is C16H13BrN2O2.